The van der Waals surface area contributed by atoms with Crippen molar-refractivity contribution in [2.24, 2.45) is 0 Å². The van der Waals surface area contributed by atoms with E-state index in [0.29, 0.717) is 39.4 Å². The largest absolute Gasteiger partial charge is 0.459 e. The van der Waals surface area contributed by atoms with Gasteiger partial charge in [0.2, 0.25) is 5.91 Å². The topological polar surface area (TPSA) is 107 Å². The van der Waals surface area contributed by atoms with Crippen LogP contribution >= 0.6 is 34.8 Å². The lowest BCUT2D eigenvalue weighted by Gasteiger charge is -2.19. The average Bonchev–Trinajstić information content (AvgIpc) is 3.13. The minimum atomic E-state index is -0.585. The molecule has 0 atom stereocenters. The van der Waals surface area contributed by atoms with Gasteiger partial charge in [-0.25, -0.2) is 9.48 Å². The van der Waals surface area contributed by atoms with Crippen molar-refractivity contribution in [1.29, 1.82) is 0 Å². The first kappa shape index (κ1) is 29.7. The molecule has 0 spiro atoms. The zero-order valence-corrected chi connectivity index (χ0v) is 23.7. The van der Waals surface area contributed by atoms with Crippen LogP contribution in [0.2, 0.25) is 15.1 Å². The molecule has 0 radical (unpaired) electrons. The van der Waals surface area contributed by atoms with Crippen LogP contribution in [0.5, 0.6) is 0 Å². The number of rotatable bonds is 11. The van der Waals surface area contributed by atoms with Gasteiger partial charge >= 0.3 is 11.7 Å². The summed E-state index contributed by atoms with van der Waals surface area (Å²) in [5, 5.41) is 11.7. The molecule has 1 aromatic heterocycles. The highest BCUT2D eigenvalue weighted by atomic mass is 35.5. The number of ether oxygens (including phenoxy) is 1. The van der Waals surface area contributed by atoms with Crippen molar-refractivity contribution in [3.05, 3.63) is 73.6 Å². The Bertz CT molecular complexity index is 1310. The van der Waals surface area contributed by atoms with Crippen molar-refractivity contribution in [2.45, 2.75) is 45.9 Å². The van der Waals surface area contributed by atoms with E-state index in [0.717, 1.165) is 10.2 Å². The van der Waals surface area contributed by atoms with E-state index < -0.39 is 17.3 Å². The molecule has 38 heavy (non-hydrogen) atoms. The fraction of sp³-hybridized carbons (Fsp3) is 0.385. The average molecular weight is 583 g/mol. The van der Waals surface area contributed by atoms with E-state index >= 15 is 0 Å². The van der Waals surface area contributed by atoms with Gasteiger partial charge in [0.1, 0.15) is 12.1 Å². The number of aromatic nitrogens is 3. The van der Waals surface area contributed by atoms with Crippen LogP contribution in [0.4, 0.5) is 0 Å². The third kappa shape index (κ3) is 8.59. The van der Waals surface area contributed by atoms with E-state index in [2.05, 4.69) is 15.7 Å². The molecule has 0 unspecified atom stereocenters. The summed E-state index contributed by atoms with van der Waals surface area (Å²) in [5.41, 5.74) is 0.352. The summed E-state index contributed by atoms with van der Waals surface area (Å²) in [6.07, 6.45) is 0.437. The number of carbonyl (C=O) groups excluding carboxylic acids is 2. The van der Waals surface area contributed by atoms with Crippen molar-refractivity contribution in [3.8, 4) is 11.4 Å². The van der Waals surface area contributed by atoms with Crippen LogP contribution in [0.3, 0.4) is 0 Å². The predicted molar refractivity (Wildman–Crippen MR) is 149 cm³/mol. The second-order valence-electron chi connectivity index (χ2n) is 9.49. The number of carbonyl (C=O) groups is 2. The second kappa shape index (κ2) is 13.3. The molecule has 3 aromatic rings. The molecular weight excluding hydrogens is 553 g/mol. The Balaban J connectivity index is 1.68. The number of amides is 1. The highest BCUT2D eigenvalue weighted by Crippen LogP contribution is 2.24. The molecule has 0 saturated carbocycles. The highest BCUT2D eigenvalue weighted by molar-refractivity contribution is 6.36. The first-order valence-corrected chi connectivity index (χ1v) is 13.1. The number of esters is 1. The molecule has 2 N–H and O–H groups in total. The number of hydrogen-bond acceptors (Lipinski definition) is 6. The van der Waals surface area contributed by atoms with Crippen LogP contribution in [0, 0.1) is 0 Å². The molecule has 1 heterocycles. The minimum absolute atomic E-state index is 0.00567. The summed E-state index contributed by atoms with van der Waals surface area (Å²) in [6.45, 7) is 5.90. The number of nitrogens with one attached hydrogen (secondary N) is 2. The van der Waals surface area contributed by atoms with Gasteiger partial charge in [0.05, 0.1) is 6.54 Å². The summed E-state index contributed by atoms with van der Waals surface area (Å²) in [4.78, 5) is 37.7. The summed E-state index contributed by atoms with van der Waals surface area (Å²) in [5.74, 6) is -0.403. The van der Waals surface area contributed by atoms with Crippen molar-refractivity contribution < 1.29 is 14.3 Å². The standard InChI is InChI=1S/C26H30Cl3N5O4/c1-26(2,3)38-23(36)15-30-13-14-33-24(17-7-9-18(27)10-8-17)32-34(25(33)37)16-22(35)31-12-11-19-20(28)5-4-6-21(19)29/h4-10,30H,11-16H2,1-3H3,(H,31,35). The molecule has 1 amide bonds. The molecule has 12 heteroatoms. The van der Waals surface area contributed by atoms with Gasteiger partial charge in [-0.3, -0.25) is 14.2 Å². The Hall–Kier alpha value is -2.85. The zero-order chi connectivity index (χ0) is 27.9. The zero-order valence-electron chi connectivity index (χ0n) is 21.4. The van der Waals surface area contributed by atoms with Crippen LogP contribution in [-0.2, 0) is 33.8 Å². The molecule has 0 aliphatic carbocycles. The Morgan fingerprint density at radius 1 is 1.00 bits per heavy atom. The number of nitrogens with zero attached hydrogens (tertiary/aromatic N) is 3. The van der Waals surface area contributed by atoms with Gasteiger partial charge in [-0.1, -0.05) is 40.9 Å². The third-order valence-corrected chi connectivity index (χ3v) is 6.24. The van der Waals surface area contributed by atoms with Crippen molar-refractivity contribution in [2.75, 3.05) is 19.6 Å². The Kier molecular flexibility index (Phi) is 10.4. The lowest BCUT2D eigenvalue weighted by Crippen LogP contribution is -2.36. The molecule has 204 valence electrons. The molecule has 0 fully saturated rings. The highest BCUT2D eigenvalue weighted by Gasteiger charge is 2.18. The van der Waals surface area contributed by atoms with Gasteiger partial charge < -0.3 is 15.4 Å². The SMILES string of the molecule is CC(C)(C)OC(=O)CNCCn1c(-c2ccc(Cl)cc2)nn(CC(=O)NCCc2c(Cl)cccc2Cl)c1=O. The molecule has 3 rings (SSSR count). The summed E-state index contributed by atoms with van der Waals surface area (Å²) in [6, 6.07) is 12.1. The second-order valence-corrected chi connectivity index (χ2v) is 10.7. The maximum absolute atomic E-state index is 13.2. The molecule has 9 nitrogen and oxygen atoms in total. The lowest BCUT2D eigenvalue weighted by atomic mass is 10.1. The van der Waals surface area contributed by atoms with Crippen LogP contribution in [0.15, 0.2) is 47.3 Å². The fourth-order valence-electron chi connectivity index (χ4n) is 3.61. The van der Waals surface area contributed by atoms with E-state index in [4.69, 9.17) is 39.5 Å². The maximum Gasteiger partial charge on any atom is 0.346 e. The Morgan fingerprint density at radius 2 is 1.66 bits per heavy atom. The van der Waals surface area contributed by atoms with Gasteiger partial charge in [0.25, 0.3) is 0 Å². The molecule has 0 aliphatic rings. The van der Waals surface area contributed by atoms with Crippen molar-refractivity contribution in [3.63, 3.8) is 0 Å². The van der Waals surface area contributed by atoms with Crippen LogP contribution in [0.25, 0.3) is 11.4 Å². The Labute approximate surface area is 236 Å². The van der Waals surface area contributed by atoms with Crippen LogP contribution in [0.1, 0.15) is 26.3 Å². The van der Waals surface area contributed by atoms with Gasteiger partial charge in [-0.05, 0) is 69.2 Å². The number of halogens is 3. The lowest BCUT2D eigenvalue weighted by molar-refractivity contribution is -0.153. The minimum Gasteiger partial charge on any atom is -0.459 e. The quantitative estimate of drug-likeness (QED) is 0.262. The monoisotopic (exact) mass is 581 g/mol. The first-order chi connectivity index (χ1) is 17.9. The van der Waals surface area contributed by atoms with E-state index in [9.17, 15) is 14.4 Å². The van der Waals surface area contributed by atoms with Gasteiger partial charge in [-0.2, -0.15) is 0 Å². The molecule has 2 aromatic carbocycles. The third-order valence-electron chi connectivity index (χ3n) is 5.28. The molecule has 0 bridgehead atoms. The fourth-order valence-corrected chi connectivity index (χ4v) is 4.32. The van der Waals surface area contributed by atoms with Crippen LogP contribution in [-0.4, -0.2) is 51.5 Å². The van der Waals surface area contributed by atoms with Gasteiger partial charge in [0.15, 0.2) is 5.82 Å². The maximum atomic E-state index is 13.2. The normalized spacial score (nSPS) is 11.4. The Morgan fingerprint density at radius 3 is 2.29 bits per heavy atom. The summed E-state index contributed by atoms with van der Waals surface area (Å²) < 4.78 is 7.83. The van der Waals surface area contributed by atoms with Crippen LogP contribution < -0.4 is 16.3 Å². The van der Waals surface area contributed by atoms with E-state index in [1.54, 1.807) is 63.2 Å². The summed E-state index contributed by atoms with van der Waals surface area (Å²) >= 11 is 18.4. The number of benzene rings is 2. The van der Waals surface area contributed by atoms with E-state index in [1.807, 2.05) is 0 Å². The number of hydrogen-bond donors (Lipinski definition) is 2. The molecule has 0 saturated heterocycles. The van der Waals surface area contributed by atoms with Gasteiger partial charge in [-0.15, -0.1) is 5.10 Å². The molecular formula is C26H30Cl3N5O4. The predicted octanol–water partition coefficient (Wildman–Crippen LogP) is 3.96. The smallest absolute Gasteiger partial charge is 0.346 e. The first-order valence-electron chi connectivity index (χ1n) is 12.0. The van der Waals surface area contributed by atoms with E-state index in [-0.39, 0.29) is 32.1 Å². The molecule has 0 aliphatic heterocycles. The van der Waals surface area contributed by atoms with Crippen molar-refractivity contribution in [1.82, 2.24) is 25.0 Å². The van der Waals surface area contributed by atoms with Crippen molar-refractivity contribution >= 4 is 46.7 Å². The van der Waals surface area contributed by atoms with E-state index in [1.165, 1.54) is 4.57 Å². The summed E-state index contributed by atoms with van der Waals surface area (Å²) in [7, 11) is 0. The van der Waals surface area contributed by atoms with Gasteiger partial charge in [0, 0.05) is 40.3 Å².